The number of aliphatic hydroxyl groups is 1. The van der Waals surface area contributed by atoms with E-state index in [1.807, 2.05) is 6.92 Å². The number of aliphatic hydroxyl groups excluding tert-OH is 1. The highest BCUT2D eigenvalue weighted by molar-refractivity contribution is 4.88. The van der Waals surface area contributed by atoms with Crippen molar-refractivity contribution in [2.75, 3.05) is 0 Å². The van der Waals surface area contributed by atoms with E-state index in [9.17, 15) is 5.11 Å². The van der Waals surface area contributed by atoms with Crippen LogP contribution in [0.2, 0.25) is 0 Å². The lowest BCUT2D eigenvalue weighted by atomic mass is 9.95. The van der Waals surface area contributed by atoms with Crippen LogP contribution in [0.25, 0.3) is 0 Å². The SMILES string of the molecule is C=C(C)CCC(O)C(C)CCC. The molecule has 12 heavy (non-hydrogen) atoms. The second-order valence-corrected chi connectivity index (χ2v) is 3.83. The van der Waals surface area contributed by atoms with Gasteiger partial charge in [-0.3, -0.25) is 0 Å². The lowest BCUT2D eigenvalue weighted by Gasteiger charge is -2.17. The molecule has 0 aromatic carbocycles. The molecule has 0 aliphatic carbocycles. The van der Waals surface area contributed by atoms with Gasteiger partial charge in [-0.15, -0.1) is 6.58 Å². The van der Waals surface area contributed by atoms with Gasteiger partial charge in [-0.25, -0.2) is 0 Å². The van der Waals surface area contributed by atoms with E-state index in [2.05, 4.69) is 20.4 Å². The number of hydrogen-bond donors (Lipinski definition) is 1. The van der Waals surface area contributed by atoms with Crippen LogP contribution in [0.15, 0.2) is 12.2 Å². The van der Waals surface area contributed by atoms with Crippen molar-refractivity contribution in [1.82, 2.24) is 0 Å². The largest absolute Gasteiger partial charge is 0.393 e. The van der Waals surface area contributed by atoms with Crippen molar-refractivity contribution in [3.8, 4) is 0 Å². The van der Waals surface area contributed by atoms with E-state index in [4.69, 9.17) is 0 Å². The Labute approximate surface area is 76.5 Å². The summed E-state index contributed by atoms with van der Waals surface area (Å²) in [4.78, 5) is 0. The maximum absolute atomic E-state index is 9.66. The molecule has 0 aliphatic rings. The average molecular weight is 170 g/mol. The summed E-state index contributed by atoms with van der Waals surface area (Å²) in [7, 11) is 0. The second-order valence-electron chi connectivity index (χ2n) is 3.83. The summed E-state index contributed by atoms with van der Waals surface area (Å²) in [5, 5.41) is 9.66. The fourth-order valence-corrected chi connectivity index (χ4v) is 1.33. The minimum atomic E-state index is -0.137. The Hall–Kier alpha value is -0.300. The van der Waals surface area contributed by atoms with Crippen molar-refractivity contribution in [2.24, 2.45) is 5.92 Å². The molecule has 0 heterocycles. The van der Waals surface area contributed by atoms with Crippen LogP contribution < -0.4 is 0 Å². The molecule has 0 amide bonds. The summed E-state index contributed by atoms with van der Waals surface area (Å²) >= 11 is 0. The Bertz CT molecular complexity index is 129. The molecular formula is C11H22O. The predicted molar refractivity (Wildman–Crippen MR) is 54.1 cm³/mol. The van der Waals surface area contributed by atoms with Gasteiger partial charge in [0.15, 0.2) is 0 Å². The molecule has 0 rings (SSSR count). The van der Waals surface area contributed by atoms with E-state index in [-0.39, 0.29) is 6.10 Å². The summed E-state index contributed by atoms with van der Waals surface area (Å²) < 4.78 is 0. The molecule has 72 valence electrons. The number of rotatable bonds is 6. The zero-order chi connectivity index (χ0) is 9.56. The smallest absolute Gasteiger partial charge is 0.0568 e. The van der Waals surface area contributed by atoms with Crippen LogP contribution in [0, 0.1) is 5.92 Å². The fraction of sp³-hybridized carbons (Fsp3) is 0.818. The molecule has 0 spiro atoms. The van der Waals surface area contributed by atoms with Crippen molar-refractivity contribution in [2.45, 2.75) is 52.6 Å². The van der Waals surface area contributed by atoms with Crippen molar-refractivity contribution in [3.63, 3.8) is 0 Å². The van der Waals surface area contributed by atoms with Crippen LogP contribution in [-0.4, -0.2) is 11.2 Å². The van der Waals surface area contributed by atoms with Gasteiger partial charge in [0.05, 0.1) is 6.10 Å². The molecule has 0 aromatic rings. The highest BCUT2D eigenvalue weighted by Gasteiger charge is 2.12. The minimum absolute atomic E-state index is 0.137. The topological polar surface area (TPSA) is 20.2 Å². The standard InChI is InChI=1S/C11H22O/c1-5-6-10(4)11(12)8-7-9(2)3/h10-12H,2,5-8H2,1,3-4H3. The van der Waals surface area contributed by atoms with Gasteiger partial charge in [0.2, 0.25) is 0 Å². The van der Waals surface area contributed by atoms with Crippen molar-refractivity contribution in [3.05, 3.63) is 12.2 Å². The second kappa shape index (κ2) is 6.24. The monoisotopic (exact) mass is 170 g/mol. The van der Waals surface area contributed by atoms with Gasteiger partial charge in [0.1, 0.15) is 0 Å². The van der Waals surface area contributed by atoms with Crippen LogP contribution in [-0.2, 0) is 0 Å². The lowest BCUT2D eigenvalue weighted by Crippen LogP contribution is -2.17. The first-order valence-corrected chi connectivity index (χ1v) is 4.90. The Morgan fingerprint density at radius 1 is 1.42 bits per heavy atom. The lowest BCUT2D eigenvalue weighted by molar-refractivity contribution is 0.103. The number of allylic oxidation sites excluding steroid dienone is 1. The van der Waals surface area contributed by atoms with Gasteiger partial charge in [-0.1, -0.05) is 25.8 Å². The van der Waals surface area contributed by atoms with Gasteiger partial charge in [0, 0.05) is 0 Å². The number of hydrogen-bond acceptors (Lipinski definition) is 1. The van der Waals surface area contributed by atoms with Crippen LogP contribution in [0.4, 0.5) is 0 Å². The Morgan fingerprint density at radius 2 is 2.00 bits per heavy atom. The highest BCUT2D eigenvalue weighted by atomic mass is 16.3. The molecule has 1 heteroatoms. The Balaban J connectivity index is 3.55. The third-order valence-electron chi connectivity index (χ3n) is 2.27. The van der Waals surface area contributed by atoms with E-state index in [0.29, 0.717) is 5.92 Å². The summed E-state index contributed by atoms with van der Waals surface area (Å²) in [6.07, 6.45) is 3.97. The maximum Gasteiger partial charge on any atom is 0.0568 e. The molecule has 0 radical (unpaired) electrons. The minimum Gasteiger partial charge on any atom is -0.393 e. The van der Waals surface area contributed by atoms with Crippen LogP contribution >= 0.6 is 0 Å². The van der Waals surface area contributed by atoms with Crippen LogP contribution in [0.5, 0.6) is 0 Å². The molecule has 0 bridgehead atoms. The van der Waals surface area contributed by atoms with Crippen LogP contribution in [0.3, 0.4) is 0 Å². The summed E-state index contributed by atoms with van der Waals surface area (Å²) in [6, 6.07) is 0. The summed E-state index contributed by atoms with van der Waals surface area (Å²) in [5.74, 6) is 0.439. The zero-order valence-corrected chi connectivity index (χ0v) is 8.64. The molecule has 1 nitrogen and oxygen atoms in total. The molecular weight excluding hydrogens is 148 g/mol. The zero-order valence-electron chi connectivity index (χ0n) is 8.64. The molecule has 0 fully saturated rings. The Morgan fingerprint density at radius 3 is 2.42 bits per heavy atom. The van der Waals surface area contributed by atoms with Crippen molar-refractivity contribution >= 4 is 0 Å². The summed E-state index contributed by atoms with van der Waals surface area (Å²) in [6.45, 7) is 10.1. The first kappa shape index (κ1) is 11.7. The van der Waals surface area contributed by atoms with E-state index < -0.39 is 0 Å². The van der Waals surface area contributed by atoms with Gasteiger partial charge in [-0.05, 0) is 32.1 Å². The van der Waals surface area contributed by atoms with E-state index in [1.54, 1.807) is 0 Å². The third-order valence-corrected chi connectivity index (χ3v) is 2.27. The van der Waals surface area contributed by atoms with Gasteiger partial charge in [0.25, 0.3) is 0 Å². The third kappa shape index (κ3) is 5.36. The first-order chi connectivity index (χ1) is 5.57. The molecule has 0 aromatic heterocycles. The van der Waals surface area contributed by atoms with Crippen molar-refractivity contribution < 1.29 is 5.11 Å². The normalized spacial score (nSPS) is 15.7. The first-order valence-electron chi connectivity index (χ1n) is 4.90. The average Bonchev–Trinajstić information content (AvgIpc) is 2.00. The summed E-state index contributed by atoms with van der Waals surface area (Å²) in [5.41, 5.74) is 1.16. The molecule has 0 aliphatic heterocycles. The molecule has 2 unspecified atom stereocenters. The molecule has 2 atom stereocenters. The van der Waals surface area contributed by atoms with Crippen LogP contribution in [0.1, 0.15) is 46.5 Å². The molecule has 0 saturated carbocycles. The van der Waals surface area contributed by atoms with Gasteiger partial charge < -0.3 is 5.11 Å². The van der Waals surface area contributed by atoms with E-state index in [1.165, 1.54) is 0 Å². The van der Waals surface area contributed by atoms with Crippen molar-refractivity contribution in [1.29, 1.82) is 0 Å². The van der Waals surface area contributed by atoms with Gasteiger partial charge >= 0.3 is 0 Å². The highest BCUT2D eigenvalue weighted by Crippen LogP contribution is 2.16. The molecule has 1 N–H and O–H groups in total. The fourth-order valence-electron chi connectivity index (χ4n) is 1.33. The van der Waals surface area contributed by atoms with E-state index >= 15 is 0 Å². The Kier molecular flexibility index (Phi) is 6.09. The predicted octanol–water partition coefficient (Wildman–Crippen LogP) is 3.14. The van der Waals surface area contributed by atoms with Gasteiger partial charge in [-0.2, -0.15) is 0 Å². The quantitative estimate of drug-likeness (QED) is 0.607. The maximum atomic E-state index is 9.66. The van der Waals surface area contributed by atoms with E-state index in [0.717, 1.165) is 31.3 Å². The molecule has 0 saturated heterocycles.